The monoisotopic (exact) mass is 416 g/mol. The first-order valence-electron chi connectivity index (χ1n) is 8.10. The molecular formula is C17H16ClF3N4O3. The highest BCUT2D eigenvalue weighted by atomic mass is 35.5. The van der Waals surface area contributed by atoms with Crippen molar-refractivity contribution in [3.8, 4) is 5.88 Å². The van der Waals surface area contributed by atoms with Gasteiger partial charge in [-0.25, -0.2) is 9.97 Å². The lowest BCUT2D eigenvalue weighted by atomic mass is 10.2. The number of hydrogen-bond donors (Lipinski definition) is 2. The second-order valence-electron chi connectivity index (χ2n) is 5.44. The van der Waals surface area contributed by atoms with Gasteiger partial charge in [-0.05, 0) is 18.2 Å². The van der Waals surface area contributed by atoms with Crippen LogP contribution >= 0.6 is 11.6 Å². The molecule has 0 fully saturated rings. The van der Waals surface area contributed by atoms with Gasteiger partial charge in [0.25, 0.3) is 5.91 Å². The smallest absolute Gasteiger partial charge is 0.417 e. The molecule has 2 N–H and O–H groups in total. The molecule has 0 bridgehead atoms. The molecular weight excluding hydrogens is 401 g/mol. The van der Waals surface area contributed by atoms with E-state index in [2.05, 4.69) is 20.6 Å². The second-order valence-corrected chi connectivity index (χ2v) is 5.85. The Morgan fingerprint density at radius 2 is 2.00 bits per heavy atom. The predicted octanol–water partition coefficient (Wildman–Crippen LogP) is 3.31. The fraction of sp³-hybridized carbons (Fsp3) is 0.294. The van der Waals surface area contributed by atoms with Gasteiger partial charge in [0.2, 0.25) is 11.8 Å². The zero-order valence-corrected chi connectivity index (χ0v) is 15.4. The highest BCUT2D eigenvalue weighted by Crippen LogP contribution is 2.32. The minimum atomic E-state index is -4.55. The average Bonchev–Trinajstić information content (AvgIpc) is 2.65. The lowest BCUT2D eigenvalue weighted by Gasteiger charge is -2.11. The number of ether oxygens (including phenoxy) is 1. The van der Waals surface area contributed by atoms with E-state index < -0.39 is 17.6 Å². The van der Waals surface area contributed by atoms with E-state index >= 15 is 0 Å². The van der Waals surface area contributed by atoms with E-state index in [1.54, 1.807) is 6.92 Å². The van der Waals surface area contributed by atoms with Crippen molar-refractivity contribution in [2.24, 2.45) is 0 Å². The van der Waals surface area contributed by atoms with Crippen LogP contribution in [0, 0.1) is 0 Å². The van der Waals surface area contributed by atoms with Crippen LogP contribution in [0.2, 0.25) is 5.02 Å². The average molecular weight is 417 g/mol. The summed E-state index contributed by atoms with van der Waals surface area (Å²) >= 11 is 5.73. The van der Waals surface area contributed by atoms with Crippen LogP contribution in [-0.4, -0.2) is 34.9 Å². The maximum atomic E-state index is 12.6. The molecule has 11 heteroatoms. The van der Waals surface area contributed by atoms with Crippen LogP contribution in [0.5, 0.6) is 5.88 Å². The molecule has 150 valence electrons. The van der Waals surface area contributed by atoms with Crippen LogP contribution in [0.25, 0.3) is 0 Å². The predicted molar refractivity (Wildman–Crippen MR) is 95.2 cm³/mol. The highest BCUT2D eigenvalue weighted by molar-refractivity contribution is 6.31. The van der Waals surface area contributed by atoms with Crippen molar-refractivity contribution in [3.63, 3.8) is 0 Å². The lowest BCUT2D eigenvalue weighted by Crippen LogP contribution is -2.28. The van der Waals surface area contributed by atoms with Gasteiger partial charge in [0.1, 0.15) is 17.4 Å². The summed E-state index contributed by atoms with van der Waals surface area (Å²) in [5, 5.41) is 4.82. The van der Waals surface area contributed by atoms with Crippen molar-refractivity contribution in [2.75, 3.05) is 18.5 Å². The van der Waals surface area contributed by atoms with E-state index in [0.29, 0.717) is 12.3 Å². The summed E-state index contributed by atoms with van der Waals surface area (Å²) in [7, 11) is 0. The Bertz CT molecular complexity index is 862. The molecule has 0 saturated carbocycles. The maximum Gasteiger partial charge on any atom is 0.417 e. The van der Waals surface area contributed by atoms with Gasteiger partial charge in [0, 0.05) is 24.4 Å². The Balaban J connectivity index is 1.86. The largest absolute Gasteiger partial charge is 0.475 e. The van der Waals surface area contributed by atoms with E-state index in [4.69, 9.17) is 16.3 Å². The fourth-order valence-electron chi connectivity index (χ4n) is 1.97. The molecule has 0 spiro atoms. The SMILES string of the molecule is CCC(=O)Nc1cc(C(=O)NCCOc2ncc(C(F)(F)F)cc2Cl)ccn1. The van der Waals surface area contributed by atoms with Gasteiger partial charge < -0.3 is 15.4 Å². The topological polar surface area (TPSA) is 93.2 Å². The Kier molecular flexibility index (Phi) is 7.16. The summed E-state index contributed by atoms with van der Waals surface area (Å²) in [6, 6.07) is 3.59. The lowest BCUT2D eigenvalue weighted by molar-refractivity contribution is -0.137. The molecule has 2 heterocycles. The number of aromatic nitrogens is 2. The van der Waals surface area contributed by atoms with Crippen LogP contribution in [0.1, 0.15) is 29.3 Å². The number of carbonyl (C=O) groups is 2. The van der Waals surface area contributed by atoms with Crippen molar-refractivity contribution in [2.45, 2.75) is 19.5 Å². The molecule has 0 aromatic carbocycles. The standard InChI is InChI=1S/C17H16ClF3N4O3/c1-2-14(26)25-13-7-10(3-4-22-13)15(27)23-5-6-28-16-12(18)8-11(9-24-16)17(19,20)21/h3-4,7-9H,2,5-6H2,1H3,(H,23,27)(H,22,25,26). The molecule has 0 aliphatic carbocycles. The van der Waals surface area contributed by atoms with Gasteiger partial charge in [-0.15, -0.1) is 0 Å². The van der Waals surface area contributed by atoms with Gasteiger partial charge in [-0.2, -0.15) is 13.2 Å². The van der Waals surface area contributed by atoms with E-state index in [1.165, 1.54) is 18.3 Å². The molecule has 0 unspecified atom stereocenters. The number of pyridine rings is 2. The van der Waals surface area contributed by atoms with Crippen molar-refractivity contribution in [1.82, 2.24) is 15.3 Å². The number of anilines is 1. The van der Waals surface area contributed by atoms with Crippen molar-refractivity contribution in [1.29, 1.82) is 0 Å². The molecule has 2 aromatic heterocycles. The summed E-state index contributed by atoms with van der Waals surface area (Å²) in [5.74, 6) is -0.599. The minimum absolute atomic E-state index is 0.0524. The van der Waals surface area contributed by atoms with Crippen LogP contribution < -0.4 is 15.4 Å². The third kappa shape index (κ3) is 6.08. The number of nitrogens with one attached hydrogen (secondary N) is 2. The third-order valence-corrected chi connectivity index (χ3v) is 3.64. The highest BCUT2D eigenvalue weighted by Gasteiger charge is 2.31. The molecule has 0 atom stereocenters. The Morgan fingerprint density at radius 1 is 1.25 bits per heavy atom. The van der Waals surface area contributed by atoms with Crippen LogP contribution in [0.3, 0.4) is 0 Å². The molecule has 2 aromatic rings. The molecule has 2 rings (SSSR count). The summed E-state index contributed by atoms with van der Waals surface area (Å²) < 4.78 is 42.9. The van der Waals surface area contributed by atoms with E-state index in [1.807, 2.05) is 0 Å². The van der Waals surface area contributed by atoms with Gasteiger partial charge >= 0.3 is 6.18 Å². The minimum Gasteiger partial charge on any atom is -0.475 e. The van der Waals surface area contributed by atoms with Crippen molar-refractivity contribution < 1.29 is 27.5 Å². The summed E-state index contributed by atoms with van der Waals surface area (Å²) in [4.78, 5) is 30.9. The molecule has 0 saturated heterocycles. The zero-order valence-electron chi connectivity index (χ0n) is 14.6. The molecule has 7 nitrogen and oxygen atoms in total. The van der Waals surface area contributed by atoms with Gasteiger partial charge in [-0.1, -0.05) is 18.5 Å². The van der Waals surface area contributed by atoms with E-state index in [0.717, 1.165) is 0 Å². The molecule has 2 amide bonds. The Hall–Kier alpha value is -2.88. The number of carbonyl (C=O) groups excluding carboxylic acids is 2. The normalized spacial score (nSPS) is 11.0. The summed E-state index contributed by atoms with van der Waals surface area (Å²) in [6.45, 7) is 1.68. The number of halogens is 4. The molecule has 0 radical (unpaired) electrons. The van der Waals surface area contributed by atoms with Crippen molar-refractivity contribution in [3.05, 3.63) is 46.7 Å². The molecule has 0 aliphatic rings. The van der Waals surface area contributed by atoms with Crippen LogP contribution in [-0.2, 0) is 11.0 Å². The second kappa shape index (κ2) is 9.36. The van der Waals surface area contributed by atoms with Gasteiger partial charge in [0.05, 0.1) is 12.1 Å². The molecule has 0 aliphatic heterocycles. The van der Waals surface area contributed by atoms with Gasteiger partial charge in [-0.3, -0.25) is 9.59 Å². The van der Waals surface area contributed by atoms with E-state index in [9.17, 15) is 22.8 Å². The first-order valence-corrected chi connectivity index (χ1v) is 8.48. The summed E-state index contributed by atoms with van der Waals surface area (Å²) in [6.07, 6.45) is -2.29. The van der Waals surface area contributed by atoms with Crippen LogP contribution in [0.4, 0.5) is 19.0 Å². The number of alkyl halides is 3. The number of amides is 2. The Morgan fingerprint density at radius 3 is 2.64 bits per heavy atom. The quantitative estimate of drug-likeness (QED) is 0.675. The first kappa shape index (κ1) is 21.4. The zero-order chi connectivity index (χ0) is 20.7. The third-order valence-electron chi connectivity index (χ3n) is 3.37. The van der Waals surface area contributed by atoms with E-state index in [-0.39, 0.29) is 47.8 Å². The Labute approximate surface area is 163 Å². The van der Waals surface area contributed by atoms with Crippen molar-refractivity contribution >= 4 is 29.2 Å². The van der Waals surface area contributed by atoms with Crippen LogP contribution in [0.15, 0.2) is 30.6 Å². The summed E-state index contributed by atoms with van der Waals surface area (Å²) in [5.41, 5.74) is -0.714. The fourth-order valence-corrected chi connectivity index (χ4v) is 2.19. The number of nitrogens with zero attached hydrogens (tertiary/aromatic N) is 2. The number of hydrogen-bond acceptors (Lipinski definition) is 5. The molecule has 28 heavy (non-hydrogen) atoms. The maximum absolute atomic E-state index is 12.6. The first-order chi connectivity index (χ1) is 13.2. The van der Waals surface area contributed by atoms with Gasteiger partial charge in [0.15, 0.2) is 0 Å². The number of rotatable bonds is 7.